The topological polar surface area (TPSA) is 81.2 Å². The van der Waals surface area contributed by atoms with E-state index in [2.05, 4.69) is 5.10 Å². The quantitative estimate of drug-likeness (QED) is 0.868. The highest BCUT2D eigenvalue weighted by molar-refractivity contribution is 7.89. The molecule has 0 atom stereocenters. The third-order valence-electron chi connectivity index (χ3n) is 2.58. The second kappa shape index (κ2) is 4.84. The van der Waals surface area contributed by atoms with Crippen molar-refractivity contribution in [2.24, 2.45) is 0 Å². The summed E-state index contributed by atoms with van der Waals surface area (Å²) in [6.07, 6.45) is 3.07. The summed E-state index contributed by atoms with van der Waals surface area (Å²) in [5.74, 6) is 0. The van der Waals surface area contributed by atoms with Crippen LogP contribution in [0.1, 0.15) is 0 Å². The molecule has 0 aliphatic heterocycles. The lowest BCUT2D eigenvalue weighted by molar-refractivity contribution is 0.521. The number of nitrogens with two attached hydrogens (primary N) is 1. The van der Waals surface area contributed by atoms with Crippen LogP contribution in [0.3, 0.4) is 0 Å². The molecule has 19 heavy (non-hydrogen) atoms. The van der Waals surface area contributed by atoms with Gasteiger partial charge in [0.2, 0.25) is 10.0 Å². The summed E-state index contributed by atoms with van der Waals surface area (Å²) in [6.45, 7) is 0. The van der Waals surface area contributed by atoms with Crippen LogP contribution in [0.5, 0.6) is 0 Å². The molecule has 0 spiro atoms. The lowest BCUT2D eigenvalue weighted by atomic mass is 10.3. The molecular weight excluding hydrogens is 288 g/mol. The molecule has 1 heterocycles. The van der Waals surface area contributed by atoms with Crippen molar-refractivity contribution in [3.8, 4) is 5.69 Å². The molecule has 0 fully saturated rings. The number of hydrogen-bond donors (Lipinski definition) is 1. The normalized spacial score (nSPS) is 12.0. The molecule has 2 rings (SSSR count). The van der Waals surface area contributed by atoms with Gasteiger partial charge in [-0.2, -0.15) is 5.10 Å². The van der Waals surface area contributed by atoms with Gasteiger partial charge < -0.3 is 5.73 Å². The van der Waals surface area contributed by atoms with E-state index >= 15 is 0 Å². The Morgan fingerprint density at radius 2 is 2.05 bits per heavy atom. The third kappa shape index (κ3) is 2.58. The van der Waals surface area contributed by atoms with Crippen LogP contribution in [0.15, 0.2) is 35.5 Å². The number of sulfonamides is 1. The van der Waals surface area contributed by atoms with E-state index in [0.717, 1.165) is 4.31 Å². The van der Waals surface area contributed by atoms with Crippen molar-refractivity contribution in [3.63, 3.8) is 0 Å². The van der Waals surface area contributed by atoms with Crippen molar-refractivity contribution < 1.29 is 8.42 Å². The molecule has 102 valence electrons. The fourth-order valence-corrected chi connectivity index (χ4v) is 2.62. The number of nitrogen functional groups attached to an aromatic ring is 1. The fourth-order valence-electron chi connectivity index (χ4n) is 1.55. The van der Waals surface area contributed by atoms with E-state index in [9.17, 15) is 8.42 Å². The highest BCUT2D eigenvalue weighted by atomic mass is 35.5. The molecule has 1 aromatic carbocycles. The van der Waals surface area contributed by atoms with Crippen LogP contribution >= 0.6 is 11.6 Å². The van der Waals surface area contributed by atoms with Crippen LogP contribution < -0.4 is 5.73 Å². The van der Waals surface area contributed by atoms with Crippen LogP contribution in [0.4, 0.5) is 5.69 Å². The summed E-state index contributed by atoms with van der Waals surface area (Å²) in [5, 5.41) is 4.49. The van der Waals surface area contributed by atoms with Crippen LogP contribution in [0.25, 0.3) is 5.69 Å². The van der Waals surface area contributed by atoms with Gasteiger partial charge in [-0.05, 0) is 18.2 Å². The number of benzene rings is 1. The molecule has 0 radical (unpaired) electrons. The third-order valence-corrected chi connectivity index (χ3v) is 4.58. The summed E-state index contributed by atoms with van der Waals surface area (Å²) in [6, 6.07) is 4.48. The second-order valence-corrected chi connectivity index (χ2v) is 6.70. The van der Waals surface area contributed by atoms with Crippen molar-refractivity contribution >= 4 is 27.3 Å². The standard InChI is InChI=1S/C11H13ClN4O2S/c1-15(2)19(17,18)9-3-4-11(10(13)5-9)16-7-8(12)6-14-16/h3-7H,13H2,1-2H3. The van der Waals surface area contributed by atoms with Gasteiger partial charge in [-0.1, -0.05) is 11.6 Å². The van der Waals surface area contributed by atoms with Crippen molar-refractivity contribution in [3.05, 3.63) is 35.6 Å². The Balaban J connectivity index is 2.49. The molecule has 0 unspecified atom stereocenters. The molecule has 2 N–H and O–H groups in total. The summed E-state index contributed by atoms with van der Waals surface area (Å²) >= 11 is 5.78. The van der Waals surface area contributed by atoms with Gasteiger partial charge in [0.05, 0.1) is 27.5 Å². The lowest BCUT2D eigenvalue weighted by Gasteiger charge is -2.13. The smallest absolute Gasteiger partial charge is 0.242 e. The molecule has 2 aromatic rings. The molecular formula is C11H13ClN4O2S. The maximum Gasteiger partial charge on any atom is 0.242 e. The Bertz CT molecular complexity index is 709. The first kappa shape index (κ1) is 13.9. The van der Waals surface area contributed by atoms with Gasteiger partial charge in [-0.15, -0.1) is 0 Å². The predicted molar refractivity (Wildman–Crippen MR) is 73.9 cm³/mol. The summed E-state index contributed by atoms with van der Waals surface area (Å²) in [7, 11) is -0.566. The molecule has 0 bridgehead atoms. The van der Waals surface area contributed by atoms with Crippen LogP contribution in [0.2, 0.25) is 5.02 Å². The van der Waals surface area contributed by atoms with E-state index in [1.165, 1.54) is 37.1 Å². The van der Waals surface area contributed by atoms with Gasteiger partial charge in [0.1, 0.15) is 0 Å². The van der Waals surface area contributed by atoms with E-state index in [-0.39, 0.29) is 4.90 Å². The Labute approximate surface area is 116 Å². The molecule has 6 nitrogen and oxygen atoms in total. The van der Waals surface area contributed by atoms with Crippen LogP contribution in [-0.2, 0) is 10.0 Å². The van der Waals surface area contributed by atoms with Crippen LogP contribution in [-0.4, -0.2) is 36.6 Å². The van der Waals surface area contributed by atoms with Crippen molar-refractivity contribution in [2.45, 2.75) is 4.90 Å². The largest absolute Gasteiger partial charge is 0.397 e. The van der Waals surface area contributed by atoms with Crippen molar-refractivity contribution in [1.29, 1.82) is 0 Å². The SMILES string of the molecule is CN(C)S(=O)(=O)c1ccc(-n2cc(Cl)cn2)c(N)c1. The highest BCUT2D eigenvalue weighted by Crippen LogP contribution is 2.23. The van der Waals surface area contributed by atoms with E-state index in [1.807, 2.05) is 0 Å². The zero-order chi connectivity index (χ0) is 14.2. The summed E-state index contributed by atoms with van der Waals surface area (Å²) < 4.78 is 26.5. The average Bonchev–Trinajstić information content (AvgIpc) is 2.75. The minimum atomic E-state index is -3.50. The van der Waals surface area contributed by atoms with Gasteiger partial charge in [0.15, 0.2) is 0 Å². The minimum absolute atomic E-state index is 0.136. The first-order chi connectivity index (χ1) is 8.82. The molecule has 0 aliphatic carbocycles. The number of anilines is 1. The van der Waals surface area contributed by atoms with E-state index in [4.69, 9.17) is 17.3 Å². The predicted octanol–water partition coefficient (Wildman–Crippen LogP) is 1.36. The number of rotatable bonds is 3. The number of aromatic nitrogens is 2. The van der Waals surface area contributed by atoms with Gasteiger partial charge >= 0.3 is 0 Å². The molecule has 0 amide bonds. The summed E-state index contributed by atoms with van der Waals surface area (Å²) in [4.78, 5) is 0.136. The maximum atomic E-state index is 12.0. The zero-order valence-corrected chi connectivity index (χ0v) is 12.0. The molecule has 0 saturated heterocycles. The lowest BCUT2D eigenvalue weighted by Crippen LogP contribution is -2.22. The molecule has 0 aliphatic rings. The van der Waals surface area contributed by atoms with Gasteiger partial charge in [0.25, 0.3) is 0 Å². The van der Waals surface area contributed by atoms with Crippen molar-refractivity contribution in [1.82, 2.24) is 14.1 Å². The van der Waals surface area contributed by atoms with Crippen molar-refractivity contribution in [2.75, 3.05) is 19.8 Å². The van der Waals surface area contributed by atoms with E-state index < -0.39 is 10.0 Å². The van der Waals surface area contributed by atoms with E-state index in [1.54, 1.807) is 12.3 Å². The molecule has 1 aromatic heterocycles. The number of hydrogen-bond acceptors (Lipinski definition) is 4. The fraction of sp³-hybridized carbons (Fsp3) is 0.182. The monoisotopic (exact) mass is 300 g/mol. The Morgan fingerprint density at radius 3 is 2.53 bits per heavy atom. The van der Waals surface area contributed by atoms with Gasteiger partial charge in [-0.3, -0.25) is 0 Å². The van der Waals surface area contributed by atoms with Gasteiger partial charge in [-0.25, -0.2) is 17.4 Å². The Kier molecular flexibility index (Phi) is 3.53. The Morgan fingerprint density at radius 1 is 1.37 bits per heavy atom. The zero-order valence-electron chi connectivity index (χ0n) is 10.4. The van der Waals surface area contributed by atoms with Crippen LogP contribution in [0, 0.1) is 0 Å². The average molecular weight is 301 g/mol. The maximum absolute atomic E-state index is 12.0. The highest BCUT2D eigenvalue weighted by Gasteiger charge is 2.18. The first-order valence-electron chi connectivity index (χ1n) is 5.35. The minimum Gasteiger partial charge on any atom is -0.397 e. The number of halogens is 1. The summed E-state index contributed by atoms with van der Waals surface area (Å²) in [5.41, 5.74) is 6.75. The Hall–Kier alpha value is -1.57. The first-order valence-corrected chi connectivity index (χ1v) is 7.17. The second-order valence-electron chi connectivity index (χ2n) is 4.11. The van der Waals surface area contributed by atoms with E-state index in [0.29, 0.717) is 16.4 Å². The number of nitrogens with zero attached hydrogens (tertiary/aromatic N) is 3. The van der Waals surface area contributed by atoms with Gasteiger partial charge in [0, 0.05) is 20.3 Å². The molecule has 8 heteroatoms. The molecule has 0 saturated carbocycles.